The van der Waals surface area contributed by atoms with Crippen molar-refractivity contribution in [3.8, 4) is 5.75 Å². The van der Waals surface area contributed by atoms with E-state index in [1.807, 2.05) is 24.3 Å². The number of fused-ring (bicyclic) bond motifs is 1. The number of ether oxygens (including phenoxy) is 1. The first-order valence-electron chi connectivity index (χ1n) is 5.12. The van der Waals surface area contributed by atoms with Gasteiger partial charge in [-0.3, -0.25) is 4.79 Å². The second-order valence-corrected chi connectivity index (χ2v) is 4.12. The van der Waals surface area contributed by atoms with Crippen LogP contribution in [0, 0.1) is 11.8 Å². The van der Waals surface area contributed by atoms with Crippen LogP contribution in [0.5, 0.6) is 5.75 Å². The van der Waals surface area contributed by atoms with Crippen LogP contribution in [0.2, 0.25) is 0 Å². The molecule has 1 aromatic carbocycles. The van der Waals surface area contributed by atoms with E-state index in [9.17, 15) is 4.79 Å². The zero-order chi connectivity index (χ0) is 9.54. The van der Waals surface area contributed by atoms with Crippen LogP contribution < -0.4 is 4.74 Å². The summed E-state index contributed by atoms with van der Waals surface area (Å²) in [4.78, 5) is 12.0. The molecule has 0 bridgehead atoms. The number of hydrogen-bond acceptors (Lipinski definition) is 2. The van der Waals surface area contributed by atoms with Crippen LogP contribution >= 0.6 is 0 Å². The number of Topliss-reactive ketones (excluding diaryl/α,β-unsaturated/α-hetero) is 1. The molecule has 1 atom stereocenters. The van der Waals surface area contributed by atoms with Crippen LogP contribution in [-0.2, 0) is 0 Å². The largest absolute Gasteiger partial charge is 0.492 e. The zero-order valence-electron chi connectivity index (χ0n) is 7.90. The number of carbonyl (C=O) groups is 1. The molecule has 2 nitrogen and oxygen atoms in total. The summed E-state index contributed by atoms with van der Waals surface area (Å²) < 4.78 is 5.59. The molecule has 0 saturated heterocycles. The minimum absolute atomic E-state index is 0.130. The Morgan fingerprint density at radius 1 is 1.21 bits per heavy atom. The highest BCUT2D eigenvalue weighted by Gasteiger charge is 2.40. The topological polar surface area (TPSA) is 26.3 Å². The molecule has 1 aliphatic carbocycles. The number of ketones is 1. The Morgan fingerprint density at radius 3 is 2.79 bits per heavy atom. The van der Waals surface area contributed by atoms with Crippen molar-refractivity contribution in [2.24, 2.45) is 11.8 Å². The lowest BCUT2D eigenvalue weighted by molar-refractivity contribution is 0.0806. The molecule has 0 spiro atoms. The first-order chi connectivity index (χ1) is 6.86. The summed E-state index contributed by atoms with van der Waals surface area (Å²) in [6, 6.07) is 7.54. The van der Waals surface area contributed by atoms with Crippen LogP contribution in [0.4, 0.5) is 0 Å². The summed E-state index contributed by atoms with van der Waals surface area (Å²) in [5, 5.41) is 0. The molecular weight excluding hydrogens is 176 g/mol. The maximum atomic E-state index is 12.0. The van der Waals surface area contributed by atoms with Gasteiger partial charge < -0.3 is 4.74 Å². The van der Waals surface area contributed by atoms with Crippen molar-refractivity contribution >= 4 is 5.78 Å². The number of benzene rings is 1. The van der Waals surface area contributed by atoms with E-state index in [-0.39, 0.29) is 11.7 Å². The van der Waals surface area contributed by atoms with Gasteiger partial charge in [0.05, 0.1) is 18.1 Å². The normalized spacial score (nSPS) is 25.4. The molecule has 0 amide bonds. The predicted octanol–water partition coefficient (Wildman–Crippen LogP) is 2.29. The average Bonchev–Trinajstić information content (AvgIpc) is 3.03. The van der Waals surface area contributed by atoms with Gasteiger partial charge in [-0.25, -0.2) is 0 Å². The van der Waals surface area contributed by atoms with Crippen LogP contribution in [0.3, 0.4) is 0 Å². The van der Waals surface area contributed by atoms with Crippen molar-refractivity contribution in [2.75, 3.05) is 6.61 Å². The number of hydrogen-bond donors (Lipinski definition) is 0. The third kappa shape index (κ3) is 1.14. The smallest absolute Gasteiger partial charge is 0.173 e. The Hall–Kier alpha value is -1.31. The summed E-state index contributed by atoms with van der Waals surface area (Å²) in [7, 11) is 0. The van der Waals surface area contributed by atoms with Crippen molar-refractivity contribution in [1.29, 1.82) is 0 Å². The second kappa shape index (κ2) is 2.84. The lowest BCUT2D eigenvalue weighted by Crippen LogP contribution is -2.29. The van der Waals surface area contributed by atoms with Crippen LogP contribution in [-0.4, -0.2) is 12.4 Å². The summed E-state index contributed by atoms with van der Waals surface area (Å²) in [5.74, 6) is 1.77. The molecule has 0 aromatic heterocycles. The van der Waals surface area contributed by atoms with Crippen molar-refractivity contribution in [3.63, 3.8) is 0 Å². The summed E-state index contributed by atoms with van der Waals surface area (Å²) >= 11 is 0. The molecule has 1 saturated carbocycles. The summed E-state index contributed by atoms with van der Waals surface area (Å²) in [6.45, 7) is 0.584. The molecular formula is C12H12O2. The van der Waals surface area contributed by atoms with E-state index in [1.165, 1.54) is 12.8 Å². The van der Waals surface area contributed by atoms with E-state index in [0.29, 0.717) is 12.5 Å². The molecule has 0 radical (unpaired) electrons. The van der Waals surface area contributed by atoms with Gasteiger partial charge in [-0.1, -0.05) is 12.1 Å². The van der Waals surface area contributed by atoms with Crippen LogP contribution in [0.15, 0.2) is 24.3 Å². The average molecular weight is 188 g/mol. The van der Waals surface area contributed by atoms with Gasteiger partial charge in [-0.15, -0.1) is 0 Å². The highest BCUT2D eigenvalue weighted by atomic mass is 16.5. The Bertz CT molecular complexity index is 380. The molecule has 1 unspecified atom stereocenters. The third-order valence-electron chi connectivity index (χ3n) is 3.10. The molecule has 14 heavy (non-hydrogen) atoms. The Labute approximate surface area is 82.9 Å². The van der Waals surface area contributed by atoms with Gasteiger partial charge >= 0.3 is 0 Å². The molecule has 72 valence electrons. The molecule has 0 N–H and O–H groups in total. The van der Waals surface area contributed by atoms with Gasteiger partial charge in [0, 0.05) is 0 Å². The van der Waals surface area contributed by atoms with Gasteiger partial charge in [-0.2, -0.15) is 0 Å². The molecule has 1 aromatic rings. The first-order valence-corrected chi connectivity index (χ1v) is 5.12. The molecule has 1 aliphatic heterocycles. The Kier molecular flexibility index (Phi) is 1.63. The maximum Gasteiger partial charge on any atom is 0.173 e. The van der Waals surface area contributed by atoms with Crippen molar-refractivity contribution in [2.45, 2.75) is 12.8 Å². The third-order valence-corrected chi connectivity index (χ3v) is 3.10. The van der Waals surface area contributed by atoms with Gasteiger partial charge in [0.25, 0.3) is 0 Å². The Morgan fingerprint density at radius 2 is 2.00 bits per heavy atom. The maximum absolute atomic E-state index is 12.0. The Balaban J connectivity index is 1.98. The van der Waals surface area contributed by atoms with E-state index < -0.39 is 0 Å². The van der Waals surface area contributed by atoms with Gasteiger partial charge in [0.15, 0.2) is 5.78 Å². The minimum Gasteiger partial charge on any atom is -0.492 e. The van der Waals surface area contributed by atoms with E-state index in [1.54, 1.807) is 0 Å². The lowest BCUT2D eigenvalue weighted by atomic mass is 9.91. The summed E-state index contributed by atoms with van der Waals surface area (Å²) in [5.41, 5.74) is 0.774. The van der Waals surface area contributed by atoms with Crippen molar-refractivity contribution in [1.82, 2.24) is 0 Å². The number of carbonyl (C=O) groups excluding carboxylic acids is 1. The highest BCUT2D eigenvalue weighted by molar-refractivity contribution is 6.01. The van der Waals surface area contributed by atoms with E-state index >= 15 is 0 Å². The van der Waals surface area contributed by atoms with Crippen LogP contribution in [0.1, 0.15) is 23.2 Å². The minimum atomic E-state index is 0.130. The monoisotopic (exact) mass is 188 g/mol. The SMILES string of the molecule is O=C1c2ccccc2OCC1C1CC1. The van der Waals surface area contributed by atoms with E-state index in [2.05, 4.69) is 0 Å². The van der Waals surface area contributed by atoms with E-state index in [0.717, 1.165) is 11.3 Å². The molecule has 2 heteroatoms. The number of para-hydroxylation sites is 1. The quantitative estimate of drug-likeness (QED) is 0.675. The molecule has 1 fully saturated rings. The van der Waals surface area contributed by atoms with Gasteiger partial charge in [-0.05, 0) is 30.9 Å². The standard InChI is InChI=1S/C12H12O2/c13-12-9-3-1-2-4-11(9)14-7-10(12)8-5-6-8/h1-4,8,10H,5-7H2. The molecule has 1 heterocycles. The fourth-order valence-corrected chi connectivity index (χ4v) is 2.10. The van der Waals surface area contributed by atoms with Gasteiger partial charge in [0.2, 0.25) is 0 Å². The fourth-order valence-electron chi connectivity index (χ4n) is 2.10. The molecule has 2 aliphatic rings. The fraction of sp³-hybridized carbons (Fsp3) is 0.417. The van der Waals surface area contributed by atoms with Gasteiger partial charge in [0.1, 0.15) is 5.75 Å². The summed E-state index contributed by atoms with van der Waals surface area (Å²) in [6.07, 6.45) is 2.39. The van der Waals surface area contributed by atoms with Crippen LogP contribution in [0.25, 0.3) is 0 Å². The predicted molar refractivity (Wildman–Crippen MR) is 52.5 cm³/mol. The first kappa shape index (κ1) is 8.04. The highest BCUT2D eigenvalue weighted by Crippen LogP contribution is 2.41. The lowest BCUT2D eigenvalue weighted by Gasteiger charge is -2.23. The van der Waals surface area contributed by atoms with Crippen molar-refractivity contribution < 1.29 is 9.53 Å². The van der Waals surface area contributed by atoms with Crippen molar-refractivity contribution in [3.05, 3.63) is 29.8 Å². The van der Waals surface area contributed by atoms with E-state index in [4.69, 9.17) is 4.74 Å². The number of rotatable bonds is 1. The molecule has 3 rings (SSSR count). The second-order valence-electron chi connectivity index (χ2n) is 4.12. The zero-order valence-corrected chi connectivity index (χ0v) is 7.90.